The van der Waals surface area contributed by atoms with Crippen LogP contribution in [0.1, 0.15) is 20.3 Å². The van der Waals surface area contributed by atoms with E-state index in [2.05, 4.69) is 17.1 Å². The lowest BCUT2D eigenvalue weighted by molar-refractivity contribution is -0.119. The predicted octanol–water partition coefficient (Wildman–Crippen LogP) is 2.69. The van der Waals surface area contributed by atoms with E-state index in [-0.39, 0.29) is 11.9 Å². The molecule has 2 unspecified atom stereocenters. The van der Waals surface area contributed by atoms with Gasteiger partial charge < -0.3 is 10.2 Å². The van der Waals surface area contributed by atoms with Crippen LogP contribution in [-0.2, 0) is 4.79 Å². The molecule has 3 nitrogen and oxygen atoms in total. The Morgan fingerprint density at radius 1 is 1.33 bits per heavy atom. The second-order valence-electron chi connectivity index (χ2n) is 5.12. The highest BCUT2D eigenvalue weighted by molar-refractivity contribution is 6.30. The molecule has 2 rings (SSSR count). The Morgan fingerprint density at radius 3 is 2.61 bits per heavy atom. The molecular formula is C14H19ClN2O. The predicted molar refractivity (Wildman–Crippen MR) is 75.1 cm³/mol. The monoisotopic (exact) mass is 266 g/mol. The van der Waals surface area contributed by atoms with E-state index in [4.69, 9.17) is 11.6 Å². The van der Waals surface area contributed by atoms with Crippen LogP contribution in [0.5, 0.6) is 0 Å². The number of amides is 1. The largest absolute Gasteiger partial charge is 0.369 e. The van der Waals surface area contributed by atoms with E-state index < -0.39 is 0 Å². The molecule has 1 aromatic carbocycles. The Kier molecular flexibility index (Phi) is 4.12. The van der Waals surface area contributed by atoms with Crippen molar-refractivity contribution in [2.45, 2.75) is 26.3 Å². The number of rotatable bonds is 2. The fraction of sp³-hybridized carbons (Fsp3) is 0.500. The number of piperidine rings is 1. The van der Waals surface area contributed by atoms with E-state index in [0.717, 1.165) is 24.5 Å². The third-order valence-electron chi connectivity index (χ3n) is 3.26. The van der Waals surface area contributed by atoms with Crippen molar-refractivity contribution in [2.24, 2.45) is 5.92 Å². The summed E-state index contributed by atoms with van der Waals surface area (Å²) in [5, 5.41) is 3.77. The third kappa shape index (κ3) is 3.39. The lowest BCUT2D eigenvalue weighted by Gasteiger charge is -2.38. The Labute approximate surface area is 113 Å². The third-order valence-corrected chi connectivity index (χ3v) is 3.51. The van der Waals surface area contributed by atoms with Crippen LogP contribution in [0.15, 0.2) is 24.3 Å². The van der Waals surface area contributed by atoms with E-state index in [1.165, 1.54) is 5.69 Å². The molecule has 0 aliphatic carbocycles. The molecule has 1 heterocycles. The zero-order valence-electron chi connectivity index (χ0n) is 10.8. The second kappa shape index (κ2) is 5.61. The number of nitrogens with zero attached hydrogens (tertiary/aromatic N) is 1. The van der Waals surface area contributed by atoms with Crippen molar-refractivity contribution in [3.05, 3.63) is 29.3 Å². The Balaban J connectivity index is 2.08. The maximum Gasteiger partial charge on any atom is 0.217 e. The van der Waals surface area contributed by atoms with Crippen molar-refractivity contribution >= 4 is 23.2 Å². The number of anilines is 1. The molecule has 0 aromatic heterocycles. The highest BCUT2D eigenvalue weighted by atomic mass is 35.5. The SMILES string of the molecule is CC(=O)NC1CC(C)CN(c2ccc(Cl)cc2)C1. The topological polar surface area (TPSA) is 32.3 Å². The molecule has 98 valence electrons. The first kappa shape index (κ1) is 13.2. The van der Waals surface area contributed by atoms with Gasteiger partial charge in [0.1, 0.15) is 0 Å². The molecule has 1 aromatic rings. The van der Waals surface area contributed by atoms with E-state index in [9.17, 15) is 4.79 Å². The van der Waals surface area contributed by atoms with Gasteiger partial charge in [-0.2, -0.15) is 0 Å². The van der Waals surface area contributed by atoms with Gasteiger partial charge in [0, 0.05) is 36.8 Å². The van der Waals surface area contributed by atoms with Gasteiger partial charge in [-0.3, -0.25) is 4.79 Å². The van der Waals surface area contributed by atoms with Crippen LogP contribution >= 0.6 is 11.6 Å². The minimum Gasteiger partial charge on any atom is -0.369 e. The van der Waals surface area contributed by atoms with Crippen LogP contribution in [-0.4, -0.2) is 25.0 Å². The number of carbonyl (C=O) groups is 1. The summed E-state index contributed by atoms with van der Waals surface area (Å²) in [6.07, 6.45) is 1.05. The van der Waals surface area contributed by atoms with Crippen molar-refractivity contribution in [1.29, 1.82) is 0 Å². The summed E-state index contributed by atoms with van der Waals surface area (Å²) < 4.78 is 0. The second-order valence-corrected chi connectivity index (χ2v) is 5.56. The maximum absolute atomic E-state index is 11.2. The van der Waals surface area contributed by atoms with Gasteiger partial charge in [-0.05, 0) is 36.6 Å². The first-order valence-corrected chi connectivity index (χ1v) is 6.70. The minimum absolute atomic E-state index is 0.0464. The molecule has 0 saturated carbocycles. The highest BCUT2D eigenvalue weighted by Gasteiger charge is 2.25. The van der Waals surface area contributed by atoms with Gasteiger partial charge in [-0.15, -0.1) is 0 Å². The molecule has 1 saturated heterocycles. The highest BCUT2D eigenvalue weighted by Crippen LogP contribution is 2.24. The minimum atomic E-state index is 0.0464. The smallest absolute Gasteiger partial charge is 0.217 e. The number of hydrogen-bond acceptors (Lipinski definition) is 2. The molecule has 18 heavy (non-hydrogen) atoms. The summed E-state index contributed by atoms with van der Waals surface area (Å²) in [7, 11) is 0. The summed E-state index contributed by atoms with van der Waals surface area (Å²) >= 11 is 5.90. The average molecular weight is 267 g/mol. The van der Waals surface area contributed by atoms with E-state index in [1.807, 2.05) is 24.3 Å². The number of nitrogens with one attached hydrogen (secondary N) is 1. The number of hydrogen-bond donors (Lipinski definition) is 1. The molecule has 0 radical (unpaired) electrons. The van der Waals surface area contributed by atoms with Gasteiger partial charge in [0.25, 0.3) is 0 Å². The Morgan fingerprint density at radius 2 is 2.00 bits per heavy atom. The average Bonchev–Trinajstić information content (AvgIpc) is 2.28. The van der Waals surface area contributed by atoms with Crippen LogP contribution in [0.25, 0.3) is 0 Å². The molecule has 1 N–H and O–H groups in total. The maximum atomic E-state index is 11.2. The molecule has 2 atom stereocenters. The zero-order valence-corrected chi connectivity index (χ0v) is 11.6. The molecule has 1 amide bonds. The normalized spacial score (nSPS) is 23.8. The zero-order chi connectivity index (χ0) is 13.1. The number of carbonyl (C=O) groups excluding carboxylic acids is 1. The summed E-state index contributed by atoms with van der Waals surface area (Å²) in [5.74, 6) is 0.622. The van der Waals surface area contributed by atoms with Gasteiger partial charge in [-0.1, -0.05) is 18.5 Å². The molecule has 0 spiro atoms. The van der Waals surface area contributed by atoms with Crippen molar-refractivity contribution in [3.63, 3.8) is 0 Å². The van der Waals surface area contributed by atoms with Gasteiger partial charge >= 0.3 is 0 Å². The molecule has 1 aliphatic rings. The van der Waals surface area contributed by atoms with Gasteiger partial charge in [0.15, 0.2) is 0 Å². The van der Waals surface area contributed by atoms with Gasteiger partial charge in [0.2, 0.25) is 5.91 Å². The fourth-order valence-corrected chi connectivity index (χ4v) is 2.73. The van der Waals surface area contributed by atoms with Gasteiger partial charge in [0.05, 0.1) is 0 Å². The van der Waals surface area contributed by atoms with Crippen molar-refractivity contribution in [3.8, 4) is 0 Å². The first-order valence-electron chi connectivity index (χ1n) is 6.32. The van der Waals surface area contributed by atoms with E-state index in [1.54, 1.807) is 6.92 Å². The number of benzene rings is 1. The van der Waals surface area contributed by atoms with Crippen LogP contribution in [0, 0.1) is 5.92 Å². The lowest BCUT2D eigenvalue weighted by Crippen LogP contribution is -2.50. The summed E-state index contributed by atoms with van der Waals surface area (Å²) in [4.78, 5) is 13.5. The van der Waals surface area contributed by atoms with Crippen LogP contribution in [0.3, 0.4) is 0 Å². The van der Waals surface area contributed by atoms with Gasteiger partial charge in [-0.25, -0.2) is 0 Å². The summed E-state index contributed by atoms with van der Waals surface area (Å²) in [5.41, 5.74) is 1.17. The van der Waals surface area contributed by atoms with E-state index in [0.29, 0.717) is 5.92 Å². The summed E-state index contributed by atoms with van der Waals surface area (Å²) in [6, 6.07) is 8.12. The van der Waals surface area contributed by atoms with Crippen molar-refractivity contribution < 1.29 is 4.79 Å². The summed E-state index contributed by atoms with van der Waals surface area (Å²) in [6.45, 7) is 5.69. The molecule has 1 fully saturated rings. The molecule has 1 aliphatic heterocycles. The first-order chi connectivity index (χ1) is 8.54. The Hall–Kier alpha value is -1.22. The van der Waals surface area contributed by atoms with Crippen LogP contribution in [0.2, 0.25) is 5.02 Å². The molecule has 4 heteroatoms. The van der Waals surface area contributed by atoms with Crippen molar-refractivity contribution in [2.75, 3.05) is 18.0 Å². The quantitative estimate of drug-likeness (QED) is 0.893. The molecular weight excluding hydrogens is 248 g/mol. The van der Waals surface area contributed by atoms with E-state index >= 15 is 0 Å². The van der Waals surface area contributed by atoms with Crippen LogP contribution in [0.4, 0.5) is 5.69 Å². The van der Waals surface area contributed by atoms with Crippen molar-refractivity contribution in [1.82, 2.24) is 5.32 Å². The standard InChI is InChI=1S/C14H19ClN2O/c1-10-7-13(16-11(2)18)9-17(8-10)14-5-3-12(15)4-6-14/h3-6,10,13H,7-9H2,1-2H3,(H,16,18). The number of halogens is 1. The molecule has 0 bridgehead atoms. The fourth-order valence-electron chi connectivity index (χ4n) is 2.61. The Bertz CT molecular complexity index is 418. The van der Waals surface area contributed by atoms with Crippen LogP contribution < -0.4 is 10.2 Å². The lowest BCUT2D eigenvalue weighted by atomic mass is 9.95.